The molecule has 29 heavy (non-hydrogen) atoms. The van der Waals surface area contributed by atoms with Crippen molar-refractivity contribution in [1.29, 1.82) is 0 Å². The van der Waals surface area contributed by atoms with Crippen molar-refractivity contribution < 1.29 is 13.5 Å². The number of primary sulfonamides is 1. The van der Waals surface area contributed by atoms with E-state index in [4.69, 9.17) is 5.14 Å². The Morgan fingerprint density at radius 2 is 2.03 bits per heavy atom. The molecule has 4 N–H and O–H groups in total. The molecule has 2 aromatic rings. The Labute approximate surface area is 177 Å². The number of anilines is 1. The number of hydrogen-bond acceptors (Lipinski definition) is 6. The molecule has 0 bridgehead atoms. The van der Waals surface area contributed by atoms with E-state index < -0.39 is 10.0 Å². The maximum Gasteiger partial charge on any atom is 0.238 e. The van der Waals surface area contributed by atoms with Crippen molar-refractivity contribution in [3.05, 3.63) is 54.1 Å². The number of β-amino-alcohol motifs (C(OH)–C–C–N with tert-alkyl or cyclic N) is 1. The lowest BCUT2D eigenvalue weighted by atomic mass is 10.1. The van der Waals surface area contributed by atoms with Gasteiger partial charge in [-0.15, -0.1) is 11.8 Å². The lowest BCUT2D eigenvalue weighted by molar-refractivity contribution is 0.175. The van der Waals surface area contributed by atoms with E-state index in [0.29, 0.717) is 0 Å². The summed E-state index contributed by atoms with van der Waals surface area (Å²) in [6.07, 6.45) is 1.56. The Kier molecular flexibility index (Phi) is 7.59. The quantitative estimate of drug-likeness (QED) is 0.524. The summed E-state index contributed by atoms with van der Waals surface area (Å²) in [7, 11) is -3.71. The van der Waals surface area contributed by atoms with Crippen molar-refractivity contribution >= 4 is 27.5 Å². The van der Waals surface area contributed by atoms with E-state index >= 15 is 0 Å². The van der Waals surface area contributed by atoms with Crippen LogP contribution in [0.3, 0.4) is 0 Å². The van der Waals surface area contributed by atoms with Crippen LogP contribution >= 0.6 is 11.8 Å². The Hall–Kier alpha value is -1.58. The van der Waals surface area contributed by atoms with Crippen LogP contribution in [0.4, 0.5) is 5.69 Å². The minimum absolute atomic E-state index is 0.127. The first-order valence-electron chi connectivity index (χ1n) is 9.79. The Balaban J connectivity index is 1.68. The second kappa shape index (κ2) is 9.95. The van der Waals surface area contributed by atoms with Gasteiger partial charge < -0.3 is 15.3 Å². The third-order valence-electron chi connectivity index (χ3n) is 5.12. The van der Waals surface area contributed by atoms with Gasteiger partial charge in [0.15, 0.2) is 0 Å². The summed E-state index contributed by atoms with van der Waals surface area (Å²) in [4.78, 5) is 3.64. The van der Waals surface area contributed by atoms with Crippen LogP contribution in [0.2, 0.25) is 0 Å². The van der Waals surface area contributed by atoms with Gasteiger partial charge in [0.2, 0.25) is 10.0 Å². The molecule has 1 aliphatic heterocycles. The molecule has 0 aliphatic carbocycles. The number of aliphatic hydroxyl groups is 1. The smallest absolute Gasteiger partial charge is 0.238 e. The standard InChI is InChI=1S/C21H29N3O3S2/c1-16-13-20(29(22,26)27)7-8-21(16)23-17(9-11-24-12-10-18(25)14-24)15-28-19-5-3-2-4-6-19/h2-8,13,17-18,23,25H,9-12,14-15H2,1H3,(H2,22,26,27)/t17-,18?/m1/s1. The molecule has 1 fully saturated rings. The highest BCUT2D eigenvalue weighted by Gasteiger charge is 2.21. The van der Waals surface area contributed by atoms with E-state index in [1.807, 2.05) is 25.1 Å². The van der Waals surface area contributed by atoms with E-state index in [0.717, 1.165) is 49.5 Å². The number of nitrogens with two attached hydrogens (primary N) is 1. The van der Waals surface area contributed by atoms with Crippen LogP contribution in [0.25, 0.3) is 0 Å². The summed E-state index contributed by atoms with van der Waals surface area (Å²) in [5.74, 6) is 0.886. The molecular formula is C21H29N3O3S2. The summed E-state index contributed by atoms with van der Waals surface area (Å²) in [5.41, 5.74) is 1.76. The third kappa shape index (κ3) is 6.72. The molecule has 0 aromatic heterocycles. The van der Waals surface area contributed by atoms with E-state index in [9.17, 15) is 13.5 Å². The molecule has 0 spiro atoms. The number of benzene rings is 2. The van der Waals surface area contributed by atoms with Crippen LogP contribution < -0.4 is 10.5 Å². The Bertz CT molecular complexity index is 907. The summed E-state index contributed by atoms with van der Waals surface area (Å²) in [6, 6.07) is 15.4. The zero-order valence-electron chi connectivity index (χ0n) is 16.6. The van der Waals surface area contributed by atoms with Gasteiger partial charge >= 0.3 is 0 Å². The lowest BCUT2D eigenvalue weighted by Crippen LogP contribution is -2.31. The van der Waals surface area contributed by atoms with Gasteiger partial charge in [-0.05, 0) is 55.7 Å². The van der Waals surface area contributed by atoms with E-state index in [1.54, 1.807) is 30.0 Å². The van der Waals surface area contributed by atoms with Crippen LogP contribution in [0, 0.1) is 6.92 Å². The van der Waals surface area contributed by atoms with Crippen LogP contribution in [0.1, 0.15) is 18.4 Å². The van der Waals surface area contributed by atoms with Gasteiger partial charge in [-0.3, -0.25) is 0 Å². The number of hydrogen-bond donors (Lipinski definition) is 3. The Morgan fingerprint density at radius 3 is 2.66 bits per heavy atom. The number of thioether (sulfide) groups is 1. The highest BCUT2D eigenvalue weighted by molar-refractivity contribution is 7.99. The average molecular weight is 436 g/mol. The number of sulfonamides is 1. The van der Waals surface area contributed by atoms with Gasteiger partial charge in [-0.25, -0.2) is 13.6 Å². The van der Waals surface area contributed by atoms with Crippen LogP contribution in [-0.4, -0.2) is 56.0 Å². The molecule has 3 rings (SSSR count). The van der Waals surface area contributed by atoms with Gasteiger partial charge in [-0.2, -0.15) is 0 Å². The first-order chi connectivity index (χ1) is 13.8. The molecule has 1 heterocycles. The minimum Gasteiger partial charge on any atom is -0.392 e. The number of aryl methyl sites for hydroxylation is 1. The van der Waals surface area contributed by atoms with Crippen LogP contribution in [0.5, 0.6) is 0 Å². The molecule has 0 saturated carbocycles. The summed E-state index contributed by atoms with van der Waals surface area (Å²) in [6.45, 7) is 4.47. The zero-order valence-corrected chi connectivity index (χ0v) is 18.3. The van der Waals surface area contributed by atoms with Crippen molar-refractivity contribution in [2.24, 2.45) is 5.14 Å². The summed E-state index contributed by atoms with van der Waals surface area (Å²) >= 11 is 1.80. The largest absolute Gasteiger partial charge is 0.392 e. The monoisotopic (exact) mass is 435 g/mol. The van der Waals surface area contributed by atoms with E-state index in [-0.39, 0.29) is 17.0 Å². The second-order valence-electron chi connectivity index (χ2n) is 7.52. The average Bonchev–Trinajstić information content (AvgIpc) is 3.10. The van der Waals surface area contributed by atoms with Gasteiger partial charge in [0.1, 0.15) is 0 Å². The topological polar surface area (TPSA) is 95.7 Å². The molecule has 158 valence electrons. The highest BCUT2D eigenvalue weighted by atomic mass is 32.2. The molecule has 0 radical (unpaired) electrons. The number of aliphatic hydroxyl groups excluding tert-OH is 1. The molecule has 0 amide bonds. The van der Waals surface area contributed by atoms with Gasteiger partial charge in [0.25, 0.3) is 0 Å². The molecular weight excluding hydrogens is 406 g/mol. The second-order valence-corrected chi connectivity index (χ2v) is 10.2. The summed E-state index contributed by atoms with van der Waals surface area (Å²) < 4.78 is 23.2. The molecule has 8 heteroatoms. The highest BCUT2D eigenvalue weighted by Crippen LogP contribution is 2.24. The van der Waals surface area contributed by atoms with E-state index in [2.05, 4.69) is 22.3 Å². The molecule has 1 aliphatic rings. The fourth-order valence-electron chi connectivity index (χ4n) is 3.46. The zero-order chi connectivity index (χ0) is 20.9. The molecule has 2 atom stereocenters. The van der Waals surface area contributed by atoms with Crippen molar-refractivity contribution in [3.8, 4) is 0 Å². The van der Waals surface area contributed by atoms with Crippen molar-refractivity contribution in [2.75, 3.05) is 30.7 Å². The predicted octanol–water partition coefficient (Wildman–Crippen LogP) is 2.67. The first kappa shape index (κ1) is 22.1. The number of nitrogens with zero attached hydrogens (tertiary/aromatic N) is 1. The predicted molar refractivity (Wildman–Crippen MR) is 119 cm³/mol. The van der Waals surface area contributed by atoms with Crippen LogP contribution in [-0.2, 0) is 10.0 Å². The fraction of sp³-hybridized carbons (Fsp3) is 0.429. The van der Waals surface area contributed by atoms with Crippen LogP contribution in [0.15, 0.2) is 58.3 Å². The van der Waals surface area contributed by atoms with Gasteiger partial charge in [-0.1, -0.05) is 18.2 Å². The van der Waals surface area contributed by atoms with Gasteiger partial charge in [0.05, 0.1) is 11.0 Å². The van der Waals surface area contributed by atoms with Gasteiger partial charge in [0, 0.05) is 42.0 Å². The Morgan fingerprint density at radius 1 is 1.28 bits per heavy atom. The normalized spacial score (nSPS) is 18.7. The van der Waals surface area contributed by atoms with Crippen molar-refractivity contribution in [1.82, 2.24) is 4.90 Å². The molecule has 6 nitrogen and oxygen atoms in total. The minimum atomic E-state index is -3.71. The number of nitrogens with one attached hydrogen (secondary N) is 1. The molecule has 1 saturated heterocycles. The third-order valence-corrected chi connectivity index (χ3v) is 7.21. The molecule has 2 aromatic carbocycles. The maximum atomic E-state index is 11.6. The SMILES string of the molecule is Cc1cc(S(N)(=O)=O)ccc1N[C@H](CCN1CCC(O)C1)CSc1ccccc1. The maximum absolute atomic E-state index is 11.6. The summed E-state index contributed by atoms with van der Waals surface area (Å²) in [5, 5.41) is 18.6. The molecule has 1 unspecified atom stereocenters. The van der Waals surface area contributed by atoms with Crippen molar-refractivity contribution in [3.63, 3.8) is 0 Å². The first-order valence-corrected chi connectivity index (χ1v) is 12.3. The van der Waals surface area contributed by atoms with Crippen molar-refractivity contribution in [2.45, 2.75) is 41.7 Å². The number of likely N-dealkylation sites (tertiary alicyclic amines) is 1. The lowest BCUT2D eigenvalue weighted by Gasteiger charge is -2.24. The fourth-order valence-corrected chi connectivity index (χ4v) is 5.05. The van der Waals surface area contributed by atoms with E-state index in [1.165, 1.54) is 4.90 Å². The number of rotatable bonds is 9.